The van der Waals surface area contributed by atoms with E-state index in [2.05, 4.69) is 13.8 Å². The molecule has 0 unspecified atom stereocenters. The fourth-order valence-electron chi connectivity index (χ4n) is 3.20. The number of rotatable bonds is 6. The van der Waals surface area contributed by atoms with Crippen LogP contribution >= 0.6 is 11.3 Å². The Morgan fingerprint density at radius 2 is 1.96 bits per heavy atom. The Labute approximate surface area is 164 Å². The maximum Gasteiger partial charge on any atom is 0.264 e. The summed E-state index contributed by atoms with van der Waals surface area (Å²) < 4.78 is 6.12. The molecule has 2 amide bonds. The lowest BCUT2D eigenvalue weighted by Crippen LogP contribution is -2.40. The number of hydrogen-bond acceptors (Lipinski definition) is 4. The van der Waals surface area contributed by atoms with Crippen LogP contribution in [0.25, 0.3) is 0 Å². The lowest BCUT2D eigenvalue weighted by atomic mass is 10.2. The fraction of sp³-hybridized carbons (Fsp3) is 0.429. The maximum atomic E-state index is 12.8. The van der Waals surface area contributed by atoms with Crippen LogP contribution in [-0.4, -0.2) is 53.9 Å². The minimum absolute atomic E-state index is 0.0144. The van der Waals surface area contributed by atoms with Gasteiger partial charge in [-0.1, -0.05) is 50.2 Å². The van der Waals surface area contributed by atoms with Crippen molar-refractivity contribution in [2.75, 3.05) is 26.2 Å². The van der Waals surface area contributed by atoms with Gasteiger partial charge in [0.2, 0.25) is 5.91 Å². The van der Waals surface area contributed by atoms with Crippen LogP contribution in [0.15, 0.2) is 47.8 Å². The van der Waals surface area contributed by atoms with Crippen LogP contribution in [0, 0.1) is 5.92 Å². The highest BCUT2D eigenvalue weighted by molar-refractivity contribution is 7.12. The highest BCUT2D eigenvalue weighted by Gasteiger charge is 2.31. The molecule has 1 fully saturated rings. The van der Waals surface area contributed by atoms with Crippen molar-refractivity contribution < 1.29 is 14.3 Å². The Morgan fingerprint density at radius 1 is 1.19 bits per heavy atom. The molecule has 0 aliphatic carbocycles. The smallest absolute Gasteiger partial charge is 0.264 e. The normalized spacial score (nSPS) is 18.0. The first-order chi connectivity index (χ1) is 13.0. The molecule has 0 bridgehead atoms. The van der Waals surface area contributed by atoms with Crippen molar-refractivity contribution in [2.24, 2.45) is 5.92 Å². The quantitative estimate of drug-likeness (QED) is 0.766. The molecule has 1 aliphatic rings. The summed E-state index contributed by atoms with van der Waals surface area (Å²) >= 11 is 1.40. The largest absolute Gasteiger partial charge is 0.370 e. The van der Waals surface area contributed by atoms with E-state index >= 15 is 0 Å². The minimum Gasteiger partial charge on any atom is -0.370 e. The number of ether oxygens (including phenoxy) is 1. The molecule has 0 spiro atoms. The standard InChI is InChI=1S/C21H26N2O3S/c1-16(2)11-22-12-18(26-15-17-7-4-3-5-8-17)13-23(14-20(22)24)21(25)19-9-6-10-27-19/h3-10,16,18H,11-15H2,1-2H3/t18-/m0/s1. The Bertz CT molecular complexity index is 746. The second kappa shape index (κ2) is 9.15. The molecule has 3 rings (SSSR count). The molecule has 2 heterocycles. The highest BCUT2D eigenvalue weighted by atomic mass is 32.1. The second-order valence-electron chi connectivity index (χ2n) is 7.27. The van der Waals surface area contributed by atoms with Gasteiger partial charge in [-0.2, -0.15) is 0 Å². The van der Waals surface area contributed by atoms with E-state index in [1.54, 1.807) is 11.0 Å². The molecule has 1 aromatic carbocycles. The van der Waals surface area contributed by atoms with E-state index in [1.807, 2.05) is 46.7 Å². The van der Waals surface area contributed by atoms with E-state index in [9.17, 15) is 9.59 Å². The summed E-state index contributed by atoms with van der Waals surface area (Å²) in [6.07, 6.45) is -0.209. The van der Waals surface area contributed by atoms with Gasteiger partial charge in [-0.25, -0.2) is 0 Å². The van der Waals surface area contributed by atoms with E-state index in [-0.39, 0.29) is 24.5 Å². The summed E-state index contributed by atoms with van der Waals surface area (Å²) in [6.45, 7) is 6.36. The monoisotopic (exact) mass is 386 g/mol. The van der Waals surface area contributed by atoms with Gasteiger partial charge in [-0.15, -0.1) is 11.3 Å². The van der Waals surface area contributed by atoms with Crippen molar-refractivity contribution in [1.82, 2.24) is 9.80 Å². The molecular formula is C21H26N2O3S. The van der Waals surface area contributed by atoms with Gasteiger partial charge in [0.05, 0.1) is 17.6 Å². The van der Waals surface area contributed by atoms with Crippen LogP contribution in [0.4, 0.5) is 0 Å². The number of carbonyl (C=O) groups is 2. The van der Waals surface area contributed by atoms with Gasteiger partial charge in [0, 0.05) is 19.6 Å². The van der Waals surface area contributed by atoms with Crippen molar-refractivity contribution in [1.29, 1.82) is 0 Å². The number of benzene rings is 1. The first kappa shape index (κ1) is 19.6. The molecule has 0 saturated carbocycles. The average molecular weight is 387 g/mol. The molecule has 1 aromatic heterocycles. The summed E-state index contributed by atoms with van der Waals surface area (Å²) in [4.78, 5) is 29.7. The average Bonchev–Trinajstić information content (AvgIpc) is 3.14. The van der Waals surface area contributed by atoms with Gasteiger partial charge < -0.3 is 14.5 Å². The topological polar surface area (TPSA) is 49.9 Å². The van der Waals surface area contributed by atoms with Crippen LogP contribution in [0.2, 0.25) is 0 Å². The van der Waals surface area contributed by atoms with Crippen LogP contribution in [0.1, 0.15) is 29.1 Å². The molecule has 5 nitrogen and oxygen atoms in total. The molecule has 1 saturated heterocycles. The molecule has 1 aliphatic heterocycles. The SMILES string of the molecule is CC(C)CN1C[C@H](OCc2ccccc2)CN(C(=O)c2cccs2)CC1=O. The molecule has 6 heteroatoms. The molecule has 0 radical (unpaired) electrons. The molecule has 1 atom stereocenters. The van der Waals surface area contributed by atoms with E-state index in [4.69, 9.17) is 4.74 Å². The minimum atomic E-state index is -0.209. The van der Waals surface area contributed by atoms with Gasteiger partial charge in [0.25, 0.3) is 5.91 Å². The zero-order valence-corrected chi connectivity index (χ0v) is 16.7. The Hall–Kier alpha value is -2.18. The van der Waals surface area contributed by atoms with Gasteiger partial charge in [0.15, 0.2) is 0 Å². The van der Waals surface area contributed by atoms with Crippen molar-refractivity contribution in [3.63, 3.8) is 0 Å². The molecule has 144 valence electrons. The number of amides is 2. The van der Waals surface area contributed by atoms with Crippen molar-refractivity contribution >= 4 is 23.2 Å². The van der Waals surface area contributed by atoms with Gasteiger partial charge in [-0.3, -0.25) is 9.59 Å². The van der Waals surface area contributed by atoms with E-state index in [0.29, 0.717) is 37.0 Å². The van der Waals surface area contributed by atoms with Crippen molar-refractivity contribution in [3.8, 4) is 0 Å². The summed E-state index contributed by atoms with van der Waals surface area (Å²) in [6, 6.07) is 13.6. The summed E-state index contributed by atoms with van der Waals surface area (Å²) in [5.41, 5.74) is 1.08. The Morgan fingerprint density at radius 3 is 2.63 bits per heavy atom. The predicted octanol–water partition coefficient (Wildman–Crippen LogP) is 3.27. The molecule has 27 heavy (non-hydrogen) atoms. The van der Waals surface area contributed by atoms with Crippen LogP contribution in [0.3, 0.4) is 0 Å². The zero-order valence-electron chi connectivity index (χ0n) is 15.8. The third-order valence-corrected chi connectivity index (χ3v) is 5.32. The van der Waals surface area contributed by atoms with Gasteiger partial charge >= 0.3 is 0 Å². The third kappa shape index (κ3) is 5.40. The van der Waals surface area contributed by atoms with Crippen LogP contribution in [-0.2, 0) is 16.1 Å². The second-order valence-corrected chi connectivity index (χ2v) is 8.22. The van der Waals surface area contributed by atoms with E-state index < -0.39 is 0 Å². The van der Waals surface area contributed by atoms with Gasteiger partial charge in [-0.05, 0) is 22.9 Å². The van der Waals surface area contributed by atoms with Gasteiger partial charge in [0.1, 0.15) is 6.54 Å². The number of nitrogens with zero attached hydrogens (tertiary/aromatic N) is 2. The van der Waals surface area contributed by atoms with E-state index in [1.165, 1.54) is 11.3 Å². The van der Waals surface area contributed by atoms with Crippen molar-refractivity contribution in [2.45, 2.75) is 26.6 Å². The first-order valence-electron chi connectivity index (χ1n) is 9.29. The molecule has 0 N–H and O–H groups in total. The number of hydrogen-bond donors (Lipinski definition) is 0. The summed E-state index contributed by atoms with van der Waals surface area (Å²) in [5.74, 6) is 0.251. The zero-order chi connectivity index (χ0) is 19.2. The number of carbonyl (C=O) groups excluding carboxylic acids is 2. The first-order valence-corrected chi connectivity index (χ1v) is 10.2. The molecular weight excluding hydrogens is 360 g/mol. The highest BCUT2D eigenvalue weighted by Crippen LogP contribution is 2.17. The lowest BCUT2D eigenvalue weighted by Gasteiger charge is -2.26. The summed E-state index contributed by atoms with van der Waals surface area (Å²) in [5, 5.41) is 1.88. The third-order valence-electron chi connectivity index (χ3n) is 4.46. The predicted molar refractivity (Wildman–Crippen MR) is 107 cm³/mol. The molecule has 2 aromatic rings. The van der Waals surface area contributed by atoms with E-state index in [0.717, 1.165) is 5.56 Å². The fourth-order valence-corrected chi connectivity index (χ4v) is 3.89. The Balaban J connectivity index is 1.74. The van der Waals surface area contributed by atoms with Crippen LogP contribution in [0.5, 0.6) is 0 Å². The lowest BCUT2D eigenvalue weighted by molar-refractivity contribution is -0.132. The number of thiophene rings is 1. The maximum absolute atomic E-state index is 12.8. The summed E-state index contributed by atoms with van der Waals surface area (Å²) in [7, 11) is 0. The van der Waals surface area contributed by atoms with Crippen molar-refractivity contribution in [3.05, 3.63) is 58.3 Å². The Kier molecular flexibility index (Phi) is 6.63. The van der Waals surface area contributed by atoms with Crippen LogP contribution < -0.4 is 0 Å².